The number of phenols is 2. The number of hydrogen-bond donors (Lipinski definition) is 2. The largest absolute Gasteiger partial charge is 0.508 e. The van der Waals surface area contributed by atoms with Crippen LogP contribution < -0.4 is 0 Å². The van der Waals surface area contributed by atoms with Gasteiger partial charge in [-0.25, -0.2) is 0 Å². The molecule has 3 heteroatoms. The van der Waals surface area contributed by atoms with Crippen LogP contribution in [0.5, 0.6) is 11.5 Å². The fourth-order valence-electron chi connectivity index (χ4n) is 2.99. The van der Waals surface area contributed by atoms with Crippen LogP contribution in [-0.2, 0) is 0 Å². The van der Waals surface area contributed by atoms with E-state index >= 15 is 0 Å². The molecule has 0 aromatic heterocycles. The summed E-state index contributed by atoms with van der Waals surface area (Å²) in [5, 5.41) is 19.3. The number of ketones is 1. The molecule has 0 radical (unpaired) electrons. The molecule has 0 atom stereocenters. The van der Waals surface area contributed by atoms with Gasteiger partial charge in [0.25, 0.3) is 0 Å². The second-order valence-corrected chi connectivity index (χ2v) is 6.86. The van der Waals surface area contributed by atoms with E-state index in [9.17, 15) is 15.0 Å². The van der Waals surface area contributed by atoms with Gasteiger partial charge in [-0.1, -0.05) is 71.1 Å². The van der Waals surface area contributed by atoms with Crippen LogP contribution in [0.3, 0.4) is 0 Å². The van der Waals surface area contributed by atoms with Crippen LogP contribution in [0.25, 0.3) is 0 Å². The van der Waals surface area contributed by atoms with Gasteiger partial charge in [-0.2, -0.15) is 0 Å². The van der Waals surface area contributed by atoms with Crippen molar-refractivity contribution in [2.75, 3.05) is 0 Å². The monoisotopic (exact) mass is 334 g/mol. The Morgan fingerprint density at radius 3 is 1.83 bits per heavy atom. The van der Waals surface area contributed by atoms with Gasteiger partial charge in [-0.3, -0.25) is 4.79 Å². The maximum atomic E-state index is 12.1. The van der Waals surface area contributed by atoms with Crippen LogP contribution in [0, 0.1) is 6.92 Å². The second kappa shape index (κ2) is 11.9. The molecule has 0 saturated heterocycles. The van der Waals surface area contributed by atoms with Crippen LogP contribution in [0.1, 0.15) is 99.9 Å². The molecule has 0 aliphatic carbocycles. The van der Waals surface area contributed by atoms with Crippen molar-refractivity contribution in [3.8, 4) is 11.5 Å². The molecule has 1 rings (SSSR count). The second-order valence-electron chi connectivity index (χ2n) is 6.86. The fourth-order valence-corrected chi connectivity index (χ4v) is 2.99. The minimum Gasteiger partial charge on any atom is -0.508 e. The smallest absolute Gasteiger partial charge is 0.166 e. The molecule has 1 aromatic rings. The molecule has 0 fully saturated rings. The summed E-state index contributed by atoms with van der Waals surface area (Å²) in [5.74, 6) is -0.128. The van der Waals surface area contributed by atoms with Crippen molar-refractivity contribution in [1.82, 2.24) is 0 Å². The number of aryl methyl sites for hydroxylation is 1. The molecule has 1 aromatic carbocycles. The molecule has 0 aliphatic heterocycles. The molecule has 136 valence electrons. The summed E-state index contributed by atoms with van der Waals surface area (Å²) in [5.41, 5.74) is 0.951. The Labute approximate surface area is 147 Å². The van der Waals surface area contributed by atoms with Crippen molar-refractivity contribution in [3.05, 3.63) is 23.3 Å². The third kappa shape index (κ3) is 7.85. The minimum atomic E-state index is -0.119. The zero-order chi connectivity index (χ0) is 17.8. The third-order valence-corrected chi connectivity index (χ3v) is 4.62. The molecule has 0 amide bonds. The molecule has 0 heterocycles. The molecular formula is C21H34O3. The highest BCUT2D eigenvalue weighted by molar-refractivity contribution is 5.98. The van der Waals surface area contributed by atoms with Crippen molar-refractivity contribution < 1.29 is 15.0 Å². The number of unbranched alkanes of at least 4 members (excludes halogenated alkanes) is 10. The Hall–Kier alpha value is -1.51. The number of carbonyl (C=O) groups excluding carboxylic acids is 1. The lowest BCUT2D eigenvalue weighted by Gasteiger charge is -2.07. The van der Waals surface area contributed by atoms with Crippen molar-refractivity contribution in [3.63, 3.8) is 0 Å². The summed E-state index contributed by atoms with van der Waals surface area (Å²) in [6.45, 7) is 3.97. The summed E-state index contributed by atoms with van der Waals surface area (Å²) in [6, 6.07) is 2.83. The fraction of sp³-hybridized carbons (Fsp3) is 0.667. The maximum Gasteiger partial charge on any atom is 0.166 e. The molecule has 0 spiro atoms. The van der Waals surface area contributed by atoms with Crippen molar-refractivity contribution in [1.29, 1.82) is 0 Å². The Bertz CT molecular complexity index is 494. The number of Topliss-reactive ketones (excluding diaryl/α,β-unsaturated/α-hetero) is 1. The van der Waals surface area contributed by atoms with Crippen LogP contribution >= 0.6 is 0 Å². The van der Waals surface area contributed by atoms with Gasteiger partial charge in [0.1, 0.15) is 11.5 Å². The Morgan fingerprint density at radius 2 is 1.29 bits per heavy atom. The van der Waals surface area contributed by atoms with E-state index in [2.05, 4.69) is 6.92 Å². The molecule has 0 aliphatic rings. The van der Waals surface area contributed by atoms with Gasteiger partial charge in [0.2, 0.25) is 0 Å². The minimum absolute atomic E-state index is 0.0266. The van der Waals surface area contributed by atoms with Gasteiger partial charge < -0.3 is 10.2 Å². The molecular weight excluding hydrogens is 300 g/mol. The van der Waals surface area contributed by atoms with Crippen LogP contribution in [0.15, 0.2) is 12.1 Å². The van der Waals surface area contributed by atoms with Crippen molar-refractivity contribution in [2.24, 2.45) is 0 Å². The highest BCUT2D eigenvalue weighted by Crippen LogP contribution is 2.28. The van der Waals surface area contributed by atoms with Crippen molar-refractivity contribution >= 4 is 5.78 Å². The maximum absolute atomic E-state index is 12.1. The molecule has 0 unspecified atom stereocenters. The van der Waals surface area contributed by atoms with E-state index in [1.165, 1.54) is 63.9 Å². The summed E-state index contributed by atoms with van der Waals surface area (Å²) < 4.78 is 0. The number of phenolic OH excluding ortho intramolecular Hbond substituents is 2. The Morgan fingerprint density at radius 1 is 0.792 bits per heavy atom. The van der Waals surface area contributed by atoms with Gasteiger partial charge in [-0.15, -0.1) is 0 Å². The molecule has 2 N–H and O–H groups in total. The van der Waals surface area contributed by atoms with Crippen LogP contribution in [0.2, 0.25) is 0 Å². The average Bonchev–Trinajstić information content (AvgIpc) is 2.55. The van der Waals surface area contributed by atoms with E-state index in [1.807, 2.05) is 0 Å². The zero-order valence-corrected chi connectivity index (χ0v) is 15.4. The quantitative estimate of drug-likeness (QED) is 0.329. The first-order chi connectivity index (χ1) is 11.6. The van der Waals surface area contributed by atoms with E-state index < -0.39 is 0 Å². The SMILES string of the molecule is CCCCCCCCCCCCCC(=O)c1cc(C)c(O)cc1O. The normalized spacial score (nSPS) is 10.9. The van der Waals surface area contributed by atoms with Gasteiger partial charge >= 0.3 is 0 Å². The zero-order valence-electron chi connectivity index (χ0n) is 15.4. The average molecular weight is 334 g/mol. The lowest BCUT2D eigenvalue weighted by Crippen LogP contribution is -2.00. The van der Waals surface area contributed by atoms with Crippen LogP contribution in [0.4, 0.5) is 0 Å². The summed E-state index contributed by atoms with van der Waals surface area (Å²) in [7, 11) is 0. The molecule has 3 nitrogen and oxygen atoms in total. The first kappa shape index (κ1) is 20.5. The predicted octanol–water partition coefficient (Wildman–Crippen LogP) is 6.29. The highest BCUT2D eigenvalue weighted by atomic mass is 16.3. The van der Waals surface area contributed by atoms with E-state index in [4.69, 9.17) is 0 Å². The number of benzene rings is 1. The number of rotatable bonds is 13. The summed E-state index contributed by atoms with van der Waals surface area (Å²) >= 11 is 0. The van der Waals surface area contributed by atoms with Gasteiger partial charge in [0.15, 0.2) is 5.78 Å². The van der Waals surface area contributed by atoms with Gasteiger partial charge in [0, 0.05) is 12.5 Å². The van der Waals surface area contributed by atoms with Gasteiger partial charge in [-0.05, 0) is 25.0 Å². The van der Waals surface area contributed by atoms with Crippen molar-refractivity contribution in [2.45, 2.75) is 90.9 Å². The summed E-state index contributed by atoms with van der Waals surface area (Å²) in [4.78, 5) is 12.1. The van der Waals surface area contributed by atoms with E-state index in [0.717, 1.165) is 12.8 Å². The third-order valence-electron chi connectivity index (χ3n) is 4.62. The Balaban J connectivity index is 2.09. The predicted molar refractivity (Wildman–Crippen MR) is 99.9 cm³/mol. The lowest BCUT2D eigenvalue weighted by atomic mass is 10.0. The lowest BCUT2D eigenvalue weighted by molar-refractivity contribution is 0.0976. The number of aromatic hydroxyl groups is 2. The molecule has 24 heavy (non-hydrogen) atoms. The first-order valence-electron chi connectivity index (χ1n) is 9.62. The van der Waals surface area contributed by atoms with E-state index in [1.54, 1.807) is 13.0 Å². The number of carbonyl (C=O) groups is 1. The van der Waals surface area contributed by atoms with E-state index in [-0.39, 0.29) is 17.3 Å². The Kier molecular flexibility index (Phi) is 10.2. The standard InChI is InChI=1S/C21H34O3/c1-3-4-5-6-7-8-9-10-11-12-13-14-19(22)18-15-17(2)20(23)16-21(18)24/h15-16,23-24H,3-14H2,1-2H3. The van der Waals surface area contributed by atoms with Crippen LogP contribution in [-0.4, -0.2) is 16.0 Å². The highest BCUT2D eigenvalue weighted by Gasteiger charge is 2.13. The van der Waals surface area contributed by atoms with E-state index in [0.29, 0.717) is 17.5 Å². The van der Waals surface area contributed by atoms with Gasteiger partial charge in [0.05, 0.1) is 5.56 Å². The first-order valence-corrected chi connectivity index (χ1v) is 9.62. The summed E-state index contributed by atoms with van der Waals surface area (Å²) in [6.07, 6.45) is 14.3. The topological polar surface area (TPSA) is 57.5 Å². The number of hydrogen-bond acceptors (Lipinski definition) is 3. The molecule has 0 saturated carbocycles. The molecule has 0 bridgehead atoms.